The number of aliphatic hydroxyl groups is 1. The van der Waals surface area contributed by atoms with E-state index >= 15 is 0 Å². The van der Waals surface area contributed by atoms with Gasteiger partial charge in [-0.2, -0.15) is 11.8 Å². The van der Waals surface area contributed by atoms with Crippen LogP contribution < -0.4 is 11.1 Å². The summed E-state index contributed by atoms with van der Waals surface area (Å²) in [6.45, 7) is 2.05. The van der Waals surface area contributed by atoms with E-state index in [0.29, 0.717) is 11.4 Å². The molecule has 5 heteroatoms. The Hall–Kier alpha value is -1.20. The number of amides is 1. The largest absolute Gasteiger partial charge is 0.398 e. The van der Waals surface area contributed by atoms with Crippen LogP contribution in [0, 0.1) is 6.92 Å². The molecule has 1 aromatic rings. The van der Waals surface area contributed by atoms with Crippen molar-refractivity contribution in [2.45, 2.75) is 13.3 Å². The van der Waals surface area contributed by atoms with Crippen LogP contribution in [0.15, 0.2) is 18.2 Å². The second kappa shape index (κ2) is 7.19. The van der Waals surface area contributed by atoms with Crippen molar-refractivity contribution in [2.75, 3.05) is 29.2 Å². The van der Waals surface area contributed by atoms with Crippen molar-refractivity contribution >= 4 is 29.0 Å². The van der Waals surface area contributed by atoms with Crippen LogP contribution in [0.2, 0.25) is 0 Å². The molecule has 0 heterocycles. The average molecular weight is 254 g/mol. The average Bonchev–Trinajstić information content (AvgIpc) is 2.31. The summed E-state index contributed by atoms with van der Waals surface area (Å²) in [5, 5.41) is 11.4. The van der Waals surface area contributed by atoms with Crippen molar-refractivity contribution in [1.82, 2.24) is 0 Å². The van der Waals surface area contributed by atoms with Gasteiger partial charge in [0.2, 0.25) is 5.91 Å². The Balaban J connectivity index is 2.43. The molecule has 0 saturated heterocycles. The molecule has 0 aliphatic rings. The molecule has 1 amide bonds. The Morgan fingerprint density at radius 1 is 1.53 bits per heavy atom. The van der Waals surface area contributed by atoms with E-state index in [2.05, 4.69) is 5.32 Å². The van der Waals surface area contributed by atoms with E-state index in [4.69, 9.17) is 10.8 Å². The number of aliphatic hydroxyl groups excluding tert-OH is 1. The lowest BCUT2D eigenvalue weighted by Gasteiger charge is -2.09. The van der Waals surface area contributed by atoms with Gasteiger partial charge in [-0.1, -0.05) is 6.07 Å². The fourth-order valence-electron chi connectivity index (χ4n) is 1.31. The van der Waals surface area contributed by atoms with Crippen molar-refractivity contribution in [3.05, 3.63) is 23.8 Å². The second-order valence-corrected chi connectivity index (χ2v) is 4.80. The Labute approximate surface area is 106 Å². The molecule has 0 saturated carbocycles. The molecule has 4 nitrogen and oxygen atoms in total. The van der Waals surface area contributed by atoms with E-state index < -0.39 is 0 Å². The topological polar surface area (TPSA) is 75.3 Å². The molecule has 0 fully saturated rings. The highest BCUT2D eigenvalue weighted by molar-refractivity contribution is 7.99. The van der Waals surface area contributed by atoms with E-state index in [1.165, 1.54) is 11.8 Å². The molecule has 0 aliphatic heterocycles. The third kappa shape index (κ3) is 4.66. The molecule has 0 bridgehead atoms. The molecule has 17 heavy (non-hydrogen) atoms. The van der Waals surface area contributed by atoms with Gasteiger partial charge in [0.05, 0.1) is 5.75 Å². The van der Waals surface area contributed by atoms with Gasteiger partial charge in [-0.05, 0) is 36.8 Å². The summed E-state index contributed by atoms with van der Waals surface area (Å²) >= 11 is 1.51. The summed E-state index contributed by atoms with van der Waals surface area (Å²) in [4.78, 5) is 11.6. The number of nitrogens with two attached hydrogens (primary N) is 1. The smallest absolute Gasteiger partial charge is 0.234 e. The molecular formula is C12H18N2O2S. The number of thioether (sulfide) groups is 1. The summed E-state index contributed by atoms with van der Waals surface area (Å²) in [5.74, 6) is 1.15. The normalized spacial score (nSPS) is 10.2. The van der Waals surface area contributed by atoms with Gasteiger partial charge in [-0.25, -0.2) is 0 Å². The van der Waals surface area contributed by atoms with Crippen LogP contribution in [0.1, 0.15) is 12.0 Å². The Morgan fingerprint density at radius 2 is 2.29 bits per heavy atom. The summed E-state index contributed by atoms with van der Waals surface area (Å²) < 4.78 is 0. The maximum absolute atomic E-state index is 11.6. The van der Waals surface area contributed by atoms with Crippen LogP contribution in [0.3, 0.4) is 0 Å². The van der Waals surface area contributed by atoms with Crippen LogP contribution in [0.4, 0.5) is 11.4 Å². The zero-order valence-corrected chi connectivity index (χ0v) is 10.7. The second-order valence-electron chi connectivity index (χ2n) is 3.70. The lowest BCUT2D eigenvalue weighted by Crippen LogP contribution is -2.15. The molecule has 1 rings (SSSR count). The predicted molar refractivity (Wildman–Crippen MR) is 73.2 cm³/mol. The van der Waals surface area contributed by atoms with Crippen LogP contribution in [0.25, 0.3) is 0 Å². The van der Waals surface area contributed by atoms with E-state index in [9.17, 15) is 4.79 Å². The first kappa shape index (κ1) is 13.9. The van der Waals surface area contributed by atoms with Gasteiger partial charge < -0.3 is 16.2 Å². The fourth-order valence-corrected chi connectivity index (χ4v) is 2.04. The lowest BCUT2D eigenvalue weighted by atomic mass is 10.1. The van der Waals surface area contributed by atoms with Crippen molar-refractivity contribution in [1.29, 1.82) is 0 Å². The van der Waals surface area contributed by atoms with E-state index in [-0.39, 0.29) is 12.5 Å². The molecule has 4 N–H and O–H groups in total. The van der Waals surface area contributed by atoms with Crippen LogP contribution in [-0.4, -0.2) is 29.1 Å². The van der Waals surface area contributed by atoms with Gasteiger partial charge in [-0.15, -0.1) is 0 Å². The number of rotatable bonds is 6. The SMILES string of the molecule is Cc1c(N)cccc1NC(=O)CSCCCO. The van der Waals surface area contributed by atoms with Crippen molar-refractivity contribution < 1.29 is 9.90 Å². The molecule has 0 spiro atoms. The molecule has 0 atom stereocenters. The first-order chi connectivity index (χ1) is 8.15. The van der Waals surface area contributed by atoms with Crippen LogP contribution in [0.5, 0.6) is 0 Å². The number of anilines is 2. The summed E-state index contributed by atoms with van der Waals surface area (Å²) in [5.41, 5.74) is 8.08. The number of benzene rings is 1. The minimum Gasteiger partial charge on any atom is -0.398 e. The molecule has 0 aliphatic carbocycles. The quantitative estimate of drug-likeness (QED) is 0.533. The number of nitrogens with one attached hydrogen (secondary N) is 1. The molecule has 0 aromatic heterocycles. The maximum Gasteiger partial charge on any atom is 0.234 e. The zero-order valence-electron chi connectivity index (χ0n) is 9.90. The van der Waals surface area contributed by atoms with Crippen molar-refractivity contribution in [2.24, 2.45) is 0 Å². The molecule has 0 unspecified atom stereocenters. The Morgan fingerprint density at radius 3 is 3.00 bits per heavy atom. The van der Waals surface area contributed by atoms with Gasteiger partial charge in [0.1, 0.15) is 0 Å². The fraction of sp³-hybridized carbons (Fsp3) is 0.417. The highest BCUT2D eigenvalue weighted by Crippen LogP contribution is 2.20. The summed E-state index contributed by atoms with van der Waals surface area (Å²) in [7, 11) is 0. The standard InChI is InChI=1S/C12H18N2O2S/c1-9-10(13)4-2-5-11(9)14-12(16)8-17-7-3-6-15/h2,4-5,15H,3,6-8,13H2,1H3,(H,14,16). The number of carbonyl (C=O) groups excluding carboxylic acids is 1. The van der Waals surface area contributed by atoms with E-state index in [0.717, 1.165) is 23.4 Å². The third-order valence-corrected chi connectivity index (χ3v) is 3.37. The first-order valence-electron chi connectivity index (χ1n) is 5.48. The minimum absolute atomic E-state index is 0.0401. The minimum atomic E-state index is -0.0401. The monoisotopic (exact) mass is 254 g/mol. The summed E-state index contributed by atoms with van der Waals surface area (Å²) in [6.07, 6.45) is 0.718. The number of carbonyl (C=O) groups is 1. The van der Waals surface area contributed by atoms with E-state index in [1.54, 1.807) is 6.07 Å². The zero-order chi connectivity index (χ0) is 12.7. The number of hydrogen-bond donors (Lipinski definition) is 3. The lowest BCUT2D eigenvalue weighted by molar-refractivity contribution is -0.113. The number of nitrogen functional groups attached to an aromatic ring is 1. The van der Waals surface area contributed by atoms with Crippen LogP contribution in [-0.2, 0) is 4.79 Å². The highest BCUT2D eigenvalue weighted by Gasteiger charge is 2.05. The molecular weight excluding hydrogens is 236 g/mol. The highest BCUT2D eigenvalue weighted by atomic mass is 32.2. The first-order valence-corrected chi connectivity index (χ1v) is 6.64. The Bertz CT molecular complexity index is 383. The maximum atomic E-state index is 11.6. The third-order valence-electron chi connectivity index (χ3n) is 2.33. The van der Waals surface area contributed by atoms with Gasteiger partial charge >= 0.3 is 0 Å². The van der Waals surface area contributed by atoms with Crippen molar-refractivity contribution in [3.8, 4) is 0 Å². The molecule has 1 aromatic carbocycles. The van der Waals surface area contributed by atoms with Crippen LogP contribution >= 0.6 is 11.8 Å². The van der Waals surface area contributed by atoms with E-state index in [1.807, 2.05) is 19.1 Å². The molecule has 0 radical (unpaired) electrons. The Kier molecular flexibility index (Phi) is 5.86. The van der Waals surface area contributed by atoms with Gasteiger partial charge in [0, 0.05) is 18.0 Å². The van der Waals surface area contributed by atoms with Gasteiger partial charge in [-0.3, -0.25) is 4.79 Å². The van der Waals surface area contributed by atoms with Gasteiger partial charge in [0.15, 0.2) is 0 Å². The molecule has 94 valence electrons. The summed E-state index contributed by atoms with van der Waals surface area (Å²) in [6, 6.07) is 5.46. The number of hydrogen-bond acceptors (Lipinski definition) is 4. The van der Waals surface area contributed by atoms with Gasteiger partial charge in [0.25, 0.3) is 0 Å². The predicted octanol–water partition coefficient (Wildman–Crippen LogP) is 1.63. The van der Waals surface area contributed by atoms with Crippen molar-refractivity contribution in [3.63, 3.8) is 0 Å².